The summed E-state index contributed by atoms with van der Waals surface area (Å²) in [5, 5.41) is 0. The molecule has 0 aliphatic carbocycles. The molecule has 0 saturated heterocycles. The highest BCUT2D eigenvalue weighted by Gasteiger charge is 2.26. The second-order valence-corrected chi connectivity index (χ2v) is 5.76. The molecule has 0 saturated carbocycles. The van der Waals surface area contributed by atoms with Crippen LogP contribution in [0.5, 0.6) is 0 Å². The summed E-state index contributed by atoms with van der Waals surface area (Å²) in [6.45, 7) is 5.59. The Kier molecular flexibility index (Phi) is 7.02. The third-order valence-corrected chi connectivity index (χ3v) is 3.33. The van der Waals surface area contributed by atoms with Crippen LogP contribution >= 0.6 is 0 Å². The number of hydrogen-bond donors (Lipinski definition) is 0. The van der Waals surface area contributed by atoms with Crippen LogP contribution in [-0.4, -0.2) is 25.2 Å². The second-order valence-electron chi connectivity index (χ2n) is 5.76. The van der Waals surface area contributed by atoms with Gasteiger partial charge in [0.05, 0.1) is 13.5 Å². The van der Waals surface area contributed by atoms with Gasteiger partial charge in [-0.1, -0.05) is 39.0 Å². The van der Waals surface area contributed by atoms with Crippen LogP contribution in [0.4, 0.5) is 4.39 Å². The highest BCUT2D eigenvalue weighted by Crippen LogP contribution is 2.23. The quantitative estimate of drug-likeness (QED) is 0.724. The molecule has 4 nitrogen and oxygen atoms in total. The number of esters is 2. The molecule has 0 bridgehead atoms. The van der Waals surface area contributed by atoms with Gasteiger partial charge in [-0.3, -0.25) is 4.79 Å². The molecule has 0 spiro atoms. The van der Waals surface area contributed by atoms with Gasteiger partial charge >= 0.3 is 11.9 Å². The van der Waals surface area contributed by atoms with E-state index in [1.165, 1.54) is 13.2 Å². The van der Waals surface area contributed by atoms with Crippen LogP contribution < -0.4 is 0 Å². The Morgan fingerprint density at radius 2 is 1.82 bits per heavy atom. The summed E-state index contributed by atoms with van der Waals surface area (Å²) >= 11 is 0. The standard InChI is InChI=1S/C17H23FO4/c1-11(2)9-15(17(20)21-4)22-16(19)10-12(3)13-7-5-6-8-14(13)18/h5-8,11-12,15H,9-10H2,1-4H3. The topological polar surface area (TPSA) is 52.6 Å². The summed E-state index contributed by atoms with van der Waals surface area (Å²) in [4.78, 5) is 23.6. The molecule has 0 amide bonds. The van der Waals surface area contributed by atoms with E-state index in [4.69, 9.17) is 4.74 Å². The molecule has 2 atom stereocenters. The Balaban J connectivity index is 2.67. The lowest BCUT2D eigenvalue weighted by atomic mass is 9.97. The van der Waals surface area contributed by atoms with Crippen molar-refractivity contribution in [3.8, 4) is 0 Å². The number of ether oxygens (including phenoxy) is 2. The van der Waals surface area contributed by atoms with E-state index in [2.05, 4.69) is 4.74 Å². The fourth-order valence-corrected chi connectivity index (χ4v) is 2.19. The second kappa shape index (κ2) is 8.51. The normalized spacial score (nSPS) is 13.5. The number of halogens is 1. The molecule has 2 unspecified atom stereocenters. The van der Waals surface area contributed by atoms with Crippen molar-refractivity contribution in [1.82, 2.24) is 0 Å². The number of hydrogen-bond acceptors (Lipinski definition) is 4. The summed E-state index contributed by atoms with van der Waals surface area (Å²) < 4.78 is 23.5. The fourth-order valence-electron chi connectivity index (χ4n) is 2.19. The monoisotopic (exact) mass is 310 g/mol. The van der Waals surface area contributed by atoms with Crippen molar-refractivity contribution in [2.45, 2.75) is 45.6 Å². The summed E-state index contributed by atoms with van der Waals surface area (Å²) in [6, 6.07) is 6.31. The van der Waals surface area contributed by atoms with Gasteiger partial charge in [0.25, 0.3) is 0 Å². The first-order valence-corrected chi connectivity index (χ1v) is 7.36. The Morgan fingerprint density at radius 3 is 2.36 bits per heavy atom. The third-order valence-electron chi connectivity index (χ3n) is 3.33. The average Bonchev–Trinajstić information content (AvgIpc) is 2.45. The summed E-state index contributed by atoms with van der Waals surface area (Å²) in [5.41, 5.74) is 0.456. The molecule has 1 aromatic carbocycles. The fraction of sp³-hybridized carbons (Fsp3) is 0.529. The zero-order valence-electron chi connectivity index (χ0n) is 13.5. The maximum atomic E-state index is 13.7. The summed E-state index contributed by atoms with van der Waals surface area (Å²) in [6.07, 6.45) is -0.510. The van der Waals surface area contributed by atoms with E-state index >= 15 is 0 Å². The average molecular weight is 310 g/mol. The Hall–Kier alpha value is -1.91. The van der Waals surface area contributed by atoms with Crippen LogP contribution in [-0.2, 0) is 19.1 Å². The molecule has 1 aromatic rings. The van der Waals surface area contributed by atoms with E-state index in [1.54, 1.807) is 25.1 Å². The maximum Gasteiger partial charge on any atom is 0.347 e. The van der Waals surface area contributed by atoms with Crippen LogP contribution in [0.15, 0.2) is 24.3 Å². The van der Waals surface area contributed by atoms with E-state index in [1.807, 2.05) is 13.8 Å². The van der Waals surface area contributed by atoms with Crippen molar-refractivity contribution in [2.75, 3.05) is 7.11 Å². The van der Waals surface area contributed by atoms with Crippen molar-refractivity contribution in [3.05, 3.63) is 35.6 Å². The molecule has 0 aliphatic rings. The van der Waals surface area contributed by atoms with E-state index in [9.17, 15) is 14.0 Å². The number of benzene rings is 1. The molecule has 1 rings (SSSR count). The molecule has 22 heavy (non-hydrogen) atoms. The first-order valence-electron chi connectivity index (χ1n) is 7.36. The molecular weight excluding hydrogens is 287 g/mol. The van der Waals surface area contributed by atoms with Crippen LogP contribution in [0.3, 0.4) is 0 Å². The smallest absolute Gasteiger partial charge is 0.347 e. The van der Waals surface area contributed by atoms with Gasteiger partial charge < -0.3 is 9.47 Å². The van der Waals surface area contributed by atoms with E-state index in [0.717, 1.165) is 0 Å². The lowest BCUT2D eigenvalue weighted by Crippen LogP contribution is -2.30. The zero-order valence-corrected chi connectivity index (χ0v) is 13.5. The van der Waals surface area contributed by atoms with Crippen molar-refractivity contribution in [3.63, 3.8) is 0 Å². The lowest BCUT2D eigenvalue weighted by molar-refractivity contribution is -0.167. The minimum atomic E-state index is -0.912. The summed E-state index contributed by atoms with van der Waals surface area (Å²) in [7, 11) is 1.26. The molecule has 0 heterocycles. The Bertz CT molecular complexity index is 513. The number of methoxy groups -OCH3 is 1. The molecule has 0 N–H and O–H groups in total. The van der Waals surface area contributed by atoms with Crippen molar-refractivity contribution < 1.29 is 23.5 Å². The molecule has 0 aromatic heterocycles. The van der Waals surface area contributed by atoms with Gasteiger partial charge in [0.15, 0.2) is 6.10 Å². The van der Waals surface area contributed by atoms with Crippen LogP contribution in [0, 0.1) is 11.7 Å². The zero-order chi connectivity index (χ0) is 16.7. The predicted octanol–water partition coefficient (Wildman–Crippen LogP) is 3.45. The van der Waals surface area contributed by atoms with Gasteiger partial charge in [0, 0.05) is 0 Å². The van der Waals surface area contributed by atoms with Crippen LogP contribution in [0.25, 0.3) is 0 Å². The minimum Gasteiger partial charge on any atom is -0.466 e. The highest BCUT2D eigenvalue weighted by atomic mass is 19.1. The first kappa shape index (κ1) is 18.1. The maximum absolute atomic E-state index is 13.7. The molecule has 122 valence electrons. The minimum absolute atomic E-state index is 0.00647. The molecule has 5 heteroatoms. The van der Waals surface area contributed by atoms with E-state index < -0.39 is 18.0 Å². The SMILES string of the molecule is COC(=O)C(CC(C)C)OC(=O)CC(C)c1ccccc1F. The van der Waals surface area contributed by atoms with Crippen LogP contribution in [0.1, 0.15) is 45.1 Å². The largest absolute Gasteiger partial charge is 0.466 e. The lowest BCUT2D eigenvalue weighted by Gasteiger charge is -2.19. The highest BCUT2D eigenvalue weighted by molar-refractivity contribution is 5.79. The van der Waals surface area contributed by atoms with Crippen molar-refractivity contribution in [1.29, 1.82) is 0 Å². The van der Waals surface area contributed by atoms with E-state index in [-0.39, 0.29) is 24.1 Å². The van der Waals surface area contributed by atoms with Gasteiger partial charge in [-0.15, -0.1) is 0 Å². The summed E-state index contributed by atoms with van der Waals surface area (Å²) in [5.74, 6) is -1.60. The van der Waals surface area contributed by atoms with Gasteiger partial charge in [0.2, 0.25) is 0 Å². The Labute approximate surface area is 130 Å². The number of carbonyl (C=O) groups excluding carboxylic acids is 2. The molecule has 0 fully saturated rings. The Morgan fingerprint density at radius 1 is 1.18 bits per heavy atom. The van der Waals surface area contributed by atoms with Gasteiger partial charge in [0.1, 0.15) is 5.82 Å². The molecule has 0 radical (unpaired) electrons. The number of rotatable bonds is 7. The van der Waals surface area contributed by atoms with Crippen LogP contribution in [0.2, 0.25) is 0 Å². The van der Waals surface area contributed by atoms with E-state index in [0.29, 0.717) is 12.0 Å². The molecular formula is C17H23FO4. The van der Waals surface area contributed by atoms with Gasteiger partial charge in [-0.05, 0) is 29.9 Å². The third kappa shape index (κ3) is 5.47. The first-order chi connectivity index (χ1) is 10.3. The van der Waals surface area contributed by atoms with Crippen molar-refractivity contribution >= 4 is 11.9 Å². The van der Waals surface area contributed by atoms with Crippen molar-refractivity contribution in [2.24, 2.45) is 5.92 Å². The number of carbonyl (C=O) groups is 2. The van der Waals surface area contributed by atoms with Gasteiger partial charge in [-0.25, -0.2) is 9.18 Å². The predicted molar refractivity (Wildman–Crippen MR) is 80.8 cm³/mol. The van der Waals surface area contributed by atoms with Gasteiger partial charge in [-0.2, -0.15) is 0 Å². The molecule has 0 aliphatic heterocycles.